The van der Waals surface area contributed by atoms with Crippen molar-refractivity contribution in [3.8, 4) is 46.0 Å². The van der Waals surface area contributed by atoms with E-state index in [9.17, 15) is 20.4 Å². The highest BCUT2D eigenvalue weighted by Gasteiger charge is 2.33. The Balaban J connectivity index is 1.27. The van der Waals surface area contributed by atoms with Gasteiger partial charge in [0.05, 0.1) is 13.2 Å². The number of fused-ring (bicyclic) bond motifs is 8. The molecule has 0 radical (unpaired) electrons. The highest BCUT2D eigenvalue weighted by molar-refractivity contribution is 5.63. The summed E-state index contributed by atoms with van der Waals surface area (Å²) in [4.78, 5) is 0. The molecule has 0 saturated carbocycles. The van der Waals surface area contributed by atoms with Gasteiger partial charge in [-0.05, 0) is 188 Å². The number of aromatic hydroxyl groups is 4. The first-order valence-corrected chi connectivity index (χ1v) is 39.9. The minimum atomic E-state index is -0.345. The van der Waals surface area contributed by atoms with E-state index in [0.29, 0.717) is 74.4 Å². The predicted molar refractivity (Wildman–Crippen MR) is 447 cm³/mol. The summed E-state index contributed by atoms with van der Waals surface area (Å²) in [5.41, 5.74) is 21.3. The second-order valence-corrected chi connectivity index (χ2v) is 40.1. The first-order chi connectivity index (χ1) is 50.6. The Labute approximate surface area is 652 Å². The summed E-state index contributed by atoms with van der Waals surface area (Å²) in [5, 5.41) is 54.0. The highest BCUT2D eigenvalue weighted by atomic mass is 16.5. The van der Waals surface area contributed by atoms with Gasteiger partial charge >= 0.3 is 0 Å². The van der Waals surface area contributed by atoms with Crippen LogP contribution in [0.25, 0.3) is 0 Å². The molecule has 0 fully saturated rings. The Morgan fingerprint density at radius 2 is 0.358 bits per heavy atom. The fourth-order valence-electron chi connectivity index (χ4n) is 15.7. The van der Waals surface area contributed by atoms with Gasteiger partial charge in [0.1, 0.15) is 72.4 Å². The van der Waals surface area contributed by atoms with Crippen LogP contribution >= 0.6 is 0 Å². The molecule has 0 unspecified atom stereocenters. The first-order valence-electron chi connectivity index (χ1n) is 39.9. The van der Waals surface area contributed by atoms with Crippen LogP contribution in [0.2, 0.25) is 0 Å². The zero-order valence-electron chi connectivity index (χ0n) is 70.3. The summed E-state index contributed by atoms with van der Waals surface area (Å²) in [6.45, 7) is 55.0. The topological polar surface area (TPSA) is 127 Å². The maximum absolute atomic E-state index is 13.5. The summed E-state index contributed by atoms with van der Waals surface area (Å²) in [6, 6.07) is 44.2. The summed E-state index contributed by atoms with van der Waals surface area (Å²) in [6.07, 6.45) is 2.59. The molecule has 0 amide bonds. The Kier molecular flexibility index (Phi) is 21.6. The average Bonchev–Trinajstić information content (AvgIpc) is 1.04. The molecule has 0 spiro atoms. The molecule has 9 aromatic carbocycles. The van der Waals surface area contributed by atoms with Gasteiger partial charge in [-0.25, -0.2) is 0 Å². The summed E-state index contributed by atoms with van der Waals surface area (Å²) in [5.74, 6) is 3.56. The molecule has 4 aliphatic heterocycles. The second kappa shape index (κ2) is 29.5. The SMILES string of the molecule is CC(C)(C)c1cc2c(O)c(c1)Cc1cc(C(C)(C)C)cc3c1OCc1ccccc1COc1c4cc(C(C)(C)C)cc1Cc1cc(C(C)(C)C)cc(c1O)Cc1cc(C(C)(C)C)cc(c1OCCOCCOc1c(cc(C(C)(C)C)cc1Cc1cc(C(C)(C)C)cc(c1O)C4)C2)Cc1cc(C(C)(C)C)cc(c1O)C3. The third kappa shape index (κ3) is 17.7. The molecule has 20 bridgehead atoms. The van der Waals surface area contributed by atoms with E-state index in [0.717, 1.165) is 145 Å². The van der Waals surface area contributed by atoms with Gasteiger partial charge < -0.3 is 44.1 Å². The van der Waals surface area contributed by atoms with Gasteiger partial charge in [0.15, 0.2) is 0 Å². The molecule has 109 heavy (non-hydrogen) atoms. The first kappa shape index (κ1) is 79.9. The number of benzene rings is 9. The molecular formula is C100H124O9. The minimum Gasteiger partial charge on any atom is -0.507 e. The van der Waals surface area contributed by atoms with Crippen LogP contribution in [-0.4, -0.2) is 46.9 Å². The smallest absolute Gasteiger partial charge is 0.126 e. The van der Waals surface area contributed by atoms with Crippen molar-refractivity contribution >= 4 is 0 Å². The van der Waals surface area contributed by atoms with E-state index in [1.54, 1.807) is 0 Å². The number of rotatable bonds is 0. The normalized spacial score (nSPS) is 15.2. The molecule has 578 valence electrons. The van der Waals surface area contributed by atoms with E-state index < -0.39 is 0 Å². The average molecular weight is 1470 g/mol. The second-order valence-electron chi connectivity index (χ2n) is 40.1. The summed E-state index contributed by atoms with van der Waals surface area (Å²) >= 11 is 0. The monoisotopic (exact) mass is 1470 g/mol. The maximum atomic E-state index is 13.5. The van der Waals surface area contributed by atoms with Crippen LogP contribution in [0.5, 0.6) is 46.0 Å². The van der Waals surface area contributed by atoms with Gasteiger partial charge in [-0.3, -0.25) is 0 Å². The zero-order valence-corrected chi connectivity index (χ0v) is 70.3. The largest absolute Gasteiger partial charge is 0.507 e. The summed E-state index contributed by atoms with van der Waals surface area (Å²) < 4.78 is 36.6. The van der Waals surface area contributed by atoms with Gasteiger partial charge in [-0.1, -0.05) is 287 Å². The lowest BCUT2D eigenvalue weighted by molar-refractivity contribution is 0.0756. The van der Waals surface area contributed by atoms with Crippen molar-refractivity contribution in [1.82, 2.24) is 0 Å². The van der Waals surface area contributed by atoms with Crippen LogP contribution < -0.4 is 18.9 Å². The Morgan fingerprint density at radius 3 is 0.523 bits per heavy atom. The van der Waals surface area contributed by atoms with Crippen LogP contribution in [0, 0.1) is 0 Å². The number of ether oxygens (including phenoxy) is 5. The van der Waals surface area contributed by atoms with E-state index >= 15 is 0 Å². The predicted octanol–water partition coefficient (Wildman–Crippen LogP) is 23.2. The van der Waals surface area contributed by atoms with Gasteiger partial charge in [-0.15, -0.1) is 0 Å². The van der Waals surface area contributed by atoms with E-state index in [4.69, 9.17) is 23.7 Å². The van der Waals surface area contributed by atoms with Crippen molar-refractivity contribution in [1.29, 1.82) is 0 Å². The molecule has 0 saturated heterocycles. The highest BCUT2D eigenvalue weighted by Crippen LogP contribution is 2.48. The number of hydrogen-bond acceptors (Lipinski definition) is 9. The fourth-order valence-corrected chi connectivity index (χ4v) is 15.7. The van der Waals surface area contributed by atoms with E-state index in [2.05, 4.69) is 287 Å². The zero-order chi connectivity index (χ0) is 79.2. The lowest BCUT2D eigenvalue weighted by Crippen LogP contribution is -2.18. The molecule has 9 heteroatoms. The quantitative estimate of drug-likeness (QED) is 0.110. The van der Waals surface area contributed by atoms with Gasteiger partial charge in [0.2, 0.25) is 0 Å². The lowest BCUT2D eigenvalue weighted by Gasteiger charge is -2.28. The third-order valence-electron chi connectivity index (χ3n) is 22.8. The molecule has 4 heterocycles. The molecule has 4 N–H and O–H groups in total. The van der Waals surface area contributed by atoms with E-state index in [1.807, 2.05) is 0 Å². The third-order valence-corrected chi connectivity index (χ3v) is 22.8. The van der Waals surface area contributed by atoms with Crippen LogP contribution in [0.3, 0.4) is 0 Å². The Bertz CT molecular complexity index is 4400. The molecule has 0 atom stereocenters. The van der Waals surface area contributed by atoms with E-state index in [-0.39, 0.29) is 106 Å². The van der Waals surface area contributed by atoms with Crippen molar-refractivity contribution in [3.05, 3.63) is 266 Å². The molecule has 0 aliphatic carbocycles. The van der Waals surface area contributed by atoms with Crippen molar-refractivity contribution in [2.24, 2.45) is 0 Å². The lowest BCUT2D eigenvalue weighted by atomic mass is 9.79. The van der Waals surface area contributed by atoms with E-state index in [1.165, 1.54) is 0 Å². The Hall–Kier alpha value is -8.66. The molecule has 4 aliphatic rings. The molecular weight excluding hydrogens is 1350 g/mol. The van der Waals surface area contributed by atoms with Gasteiger partial charge in [0.25, 0.3) is 0 Å². The van der Waals surface area contributed by atoms with Crippen LogP contribution in [0.4, 0.5) is 0 Å². The molecule has 13 rings (SSSR count). The van der Waals surface area contributed by atoms with Crippen LogP contribution in [0.15, 0.2) is 121 Å². The van der Waals surface area contributed by atoms with Crippen molar-refractivity contribution in [2.45, 2.75) is 274 Å². The van der Waals surface area contributed by atoms with Crippen molar-refractivity contribution in [2.75, 3.05) is 26.4 Å². The Morgan fingerprint density at radius 1 is 0.202 bits per heavy atom. The minimum absolute atomic E-state index is 0.164. The van der Waals surface area contributed by atoms with Crippen LogP contribution in [-0.2, 0) is 113 Å². The standard InChI is InChI=1S/C100H124O9/c1-93(2,3)77-41-61-33-69-49-81(97(13,14)15)50-70-34-62-42-78(94(4,5)6)47-67(86(62)102)39-75-55-84(100(22,23)24)56-76-40-68-48-80(96(10,11)12)44-64(88(68)104)36-72-52-82(98(16,17)18)51-71(90(72)107-32-30-105-29-31-106-89(69)70)35-63-43-79(95(7,8)9)46-66(87(63)103)38-74-54-83(99(19,20)21)53-73(37-65(45-77)85(61)101)91(74)108-57-59-27-25-26-28-60(59)58-109-92(75)76/h25-28,41-56,101-104H,29-40,57-58H2,1-24H3. The summed E-state index contributed by atoms with van der Waals surface area (Å²) in [7, 11) is 0. The number of phenolic OH excluding ortho intramolecular Hbond substituents is 4. The van der Waals surface area contributed by atoms with Gasteiger partial charge in [0, 0.05) is 51.4 Å². The maximum Gasteiger partial charge on any atom is 0.126 e. The molecule has 9 aromatic rings. The van der Waals surface area contributed by atoms with Gasteiger partial charge in [-0.2, -0.15) is 0 Å². The van der Waals surface area contributed by atoms with Crippen molar-refractivity contribution in [3.63, 3.8) is 0 Å². The van der Waals surface area contributed by atoms with Crippen LogP contribution in [0.1, 0.15) is 311 Å². The molecule has 9 nitrogen and oxygen atoms in total. The van der Waals surface area contributed by atoms with Crippen molar-refractivity contribution < 1.29 is 44.1 Å². The fraction of sp³-hybridized carbons (Fsp3) is 0.460. The molecule has 0 aromatic heterocycles. The number of hydrogen-bond donors (Lipinski definition) is 4. The number of phenols is 4.